The third-order valence-electron chi connectivity index (χ3n) is 5.08. The lowest BCUT2D eigenvalue weighted by molar-refractivity contribution is 0.0891. The minimum atomic E-state index is 0.499. The predicted octanol–water partition coefficient (Wildman–Crippen LogP) is 2.67. The van der Waals surface area contributed by atoms with Crippen LogP contribution >= 0.6 is 11.8 Å². The molecule has 1 unspecified atom stereocenters. The molecule has 1 heterocycles. The molecule has 0 radical (unpaired) electrons. The van der Waals surface area contributed by atoms with Crippen LogP contribution in [-0.2, 0) is 0 Å². The summed E-state index contributed by atoms with van der Waals surface area (Å²) in [5, 5.41) is 6.88. The third-order valence-corrected chi connectivity index (χ3v) is 5.78. The van der Waals surface area contributed by atoms with E-state index in [1.807, 2.05) is 18.8 Å². The highest BCUT2D eigenvalue weighted by molar-refractivity contribution is 7.98. The Morgan fingerprint density at radius 2 is 1.85 bits per heavy atom. The van der Waals surface area contributed by atoms with E-state index in [0.717, 1.165) is 51.6 Å². The molecular formula is C21H37N5S. The topological polar surface area (TPSA) is 42.9 Å². The van der Waals surface area contributed by atoms with E-state index in [0.29, 0.717) is 6.04 Å². The van der Waals surface area contributed by atoms with E-state index in [2.05, 4.69) is 69.1 Å². The lowest BCUT2D eigenvalue weighted by Gasteiger charge is -2.40. The van der Waals surface area contributed by atoms with E-state index < -0.39 is 0 Å². The molecule has 1 fully saturated rings. The van der Waals surface area contributed by atoms with Gasteiger partial charge in [-0.2, -0.15) is 11.8 Å². The van der Waals surface area contributed by atoms with Crippen LogP contribution in [0.4, 0.5) is 0 Å². The van der Waals surface area contributed by atoms with Gasteiger partial charge < -0.3 is 15.5 Å². The molecule has 5 nitrogen and oxygen atoms in total. The third kappa shape index (κ3) is 8.11. The number of guanidine groups is 1. The molecule has 0 amide bonds. The molecule has 1 atom stereocenters. The summed E-state index contributed by atoms with van der Waals surface area (Å²) in [6.45, 7) is 6.46. The molecule has 0 bridgehead atoms. The number of piperazine rings is 1. The van der Waals surface area contributed by atoms with Gasteiger partial charge in [-0.3, -0.25) is 9.89 Å². The van der Waals surface area contributed by atoms with Crippen LogP contribution in [0.25, 0.3) is 0 Å². The van der Waals surface area contributed by atoms with Crippen LogP contribution in [0.2, 0.25) is 0 Å². The average Bonchev–Trinajstić information content (AvgIpc) is 2.71. The van der Waals surface area contributed by atoms with Crippen molar-refractivity contribution in [1.82, 2.24) is 20.4 Å². The lowest BCUT2D eigenvalue weighted by atomic mass is 10.0. The summed E-state index contributed by atoms with van der Waals surface area (Å²) in [6, 6.07) is 11.4. The van der Waals surface area contributed by atoms with Crippen LogP contribution < -0.4 is 10.6 Å². The zero-order chi connectivity index (χ0) is 19.3. The number of thioether (sulfide) groups is 1. The van der Waals surface area contributed by atoms with Gasteiger partial charge in [-0.1, -0.05) is 30.3 Å². The monoisotopic (exact) mass is 391 g/mol. The summed E-state index contributed by atoms with van der Waals surface area (Å²) < 4.78 is 0. The molecule has 152 valence electrons. The van der Waals surface area contributed by atoms with Crippen LogP contribution in [-0.4, -0.2) is 81.1 Å². The first-order valence-electron chi connectivity index (χ1n) is 10.2. The van der Waals surface area contributed by atoms with Crippen molar-refractivity contribution in [3.63, 3.8) is 0 Å². The highest BCUT2D eigenvalue weighted by Gasteiger charge is 2.25. The number of unbranched alkanes of at least 4 members (excludes halogenated alkanes) is 1. The standard InChI is InChI=1S/C21H37N5S/c1-22-21(23-12-7-8-17-27-3)24-13-9-14-26-16-15-25(2)18-20(26)19-10-5-4-6-11-19/h4-6,10-11,20H,7-9,12-18H2,1-3H3,(H2,22,23,24). The van der Waals surface area contributed by atoms with Gasteiger partial charge in [0.05, 0.1) is 0 Å². The second kappa shape index (κ2) is 13.0. The van der Waals surface area contributed by atoms with Gasteiger partial charge in [0.2, 0.25) is 0 Å². The largest absolute Gasteiger partial charge is 0.356 e. The van der Waals surface area contributed by atoms with Crippen LogP contribution in [0.1, 0.15) is 30.9 Å². The van der Waals surface area contributed by atoms with E-state index in [4.69, 9.17) is 0 Å². The van der Waals surface area contributed by atoms with Gasteiger partial charge in [-0.05, 0) is 43.9 Å². The van der Waals surface area contributed by atoms with E-state index in [-0.39, 0.29) is 0 Å². The maximum Gasteiger partial charge on any atom is 0.190 e. The number of aliphatic imine (C=N–C) groups is 1. The van der Waals surface area contributed by atoms with E-state index >= 15 is 0 Å². The summed E-state index contributed by atoms with van der Waals surface area (Å²) in [5.41, 5.74) is 1.43. The fraction of sp³-hybridized carbons (Fsp3) is 0.667. The summed E-state index contributed by atoms with van der Waals surface area (Å²) in [4.78, 5) is 9.41. The summed E-state index contributed by atoms with van der Waals surface area (Å²) in [5.74, 6) is 2.17. The molecule has 27 heavy (non-hydrogen) atoms. The van der Waals surface area contributed by atoms with Gasteiger partial charge in [-0.25, -0.2) is 0 Å². The van der Waals surface area contributed by atoms with Crippen molar-refractivity contribution in [1.29, 1.82) is 0 Å². The first-order valence-corrected chi connectivity index (χ1v) is 11.5. The smallest absolute Gasteiger partial charge is 0.190 e. The molecule has 6 heteroatoms. The molecule has 1 saturated heterocycles. The minimum Gasteiger partial charge on any atom is -0.356 e. The van der Waals surface area contributed by atoms with Crippen LogP contribution in [0.3, 0.4) is 0 Å². The van der Waals surface area contributed by atoms with Gasteiger partial charge in [0.25, 0.3) is 0 Å². The maximum absolute atomic E-state index is 4.33. The SMILES string of the molecule is CN=C(NCCCCSC)NCCCN1CCN(C)CC1c1ccccc1. The van der Waals surface area contributed by atoms with Gasteiger partial charge in [-0.15, -0.1) is 0 Å². The van der Waals surface area contributed by atoms with Crippen LogP contribution in [0.5, 0.6) is 0 Å². The summed E-state index contributed by atoms with van der Waals surface area (Å²) >= 11 is 1.91. The molecule has 0 aromatic heterocycles. The number of rotatable bonds is 10. The van der Waals surface area contributed by atoms with Crippen molar-refractivity contribution in [2.45, 2.75) is 25.3 Å². The molecule has 2 N–H and O–H groups in total. The number of hydrogen-bond acceptors (Lipinski definition) is 4. The van der Waals surface area contributed by atoms with Crippen LogP contribution in [0.15, 0.2) is 35.3 Å². The Morgan fingerprint density at radius 1 is 1.11 bits per heavy atom. The molecule has 1 aliphatic heterocycles. The van der Waals surface area contributed by atoms with Gasteiger partial charge in [0.15, 0.2) is 5.96 Å². The van der Waals surface area contributed by atoms with Crippen molar-refractivity contribution in [2.24, 2.45) is 4.99 Å². The first-order chi connectivity index (χ1) is 13.2. The minimum absolute atomic E-state index is 0.499. The average molecular weight is 392 g/mol. The molecule has 1 aromatic carbocycles. The van der Waals surface area contributed by atoms with Gasteiger partial charge in [0, 0.05) is 52.4 Å². The van der Waals surface area contributed by atoms with Crippen molar-refractivity contribution in [3.05, 3.63) is 35.9 Å². The molecule has 1 aliphatic rings. The Balaban J connectivity index is 1.71. The number of hydrogen-bond donors (Lipinski definition) is 2. The van der Waals surface area contributed by atoms with Crippen molar-refractivity contribution >= 4 is 17.7 Å². The number of nitrogens with zero attached hydrogens (tertiary/aromatic N) is 3. The Labute approximate surface area is 170 Å². The first kappa shape index (κ1) is 22.1. The Hall–Kier alpha value is -1.24. The van der Waals surface area contributed by atoms with Crippen LogP contribution in [0, 0.1) is 0 Å². The Bertz CT molecular complexity index is 537. The Morgan fingerprint density at radius 3 is 2.56 bits per heavy atom. The fourth-order valence-electron chi connectivity index (χ4n) is 3.50. The fourth-order valence-corrected chi connectivity index (χ4v) is 4.00. The highest BCUT2D eigenvalue weighted by Crippen LogP contribution is 2.24. The van der Waals surface area contributed by atoms with Crippen molar-refractivity contribution in [3.8, 4) is 0 Å². The molecule has 0 aliphatic carbocycles. The second-order valence-corrected chi connectivity index (χ2v) is 8.19. The highest BCUT2D eigenvalue weighted by atomic mass is 32.2. The zero-order valence-corrected chi connectivity index (χ0v) is 18.1. The molecule has 2 rings (SSSR count). The molecular weight excluding hydrogens is 354 g/mol. The second-order valence-electron chi connectivity index (χ2n) is 7.20. The Kier molecular flexibility index (Phi) is 10.6. The molecule has 0 spiro atoms. The van der Waals surface area contributed by atoms with E-state index in [9.17, 15) is 0 Å². The van der Waals surface area contributed by atoms with E-state index in [1.165, 1.54) is 24.2 Å². The number of nitrogens with one attached hydrogen (secondary N) is 2. The van der Waals surface area contributed by atoms with Gasteiger partial charge in [0.1, 0.15) is 0 Å². The quantitative estimate of drug-likeness (QED) is 0.365. The van der Waals surface area contributed by atoms with E-state index in [1.54, 1.807) is 0 Å². The normalized spacial score (nSPS) is 19.2. The van der Waals surface area contributed by atoms with Crippen molar-refractivity contribution in [2.75, 3.05) is 65.4 Å². The maximum atomic E-state index is 4.33. The number of likely N-dealkylation sites (N-methyl/N-ethyl adjacent to an activating group) is 1. The predicted molar refractivity (Wildman–Crippen MR) is 120 cm³/mol. The number of benzene rings is 1. The van der Waals surface area contributed by atoms with Gasteiger partial charge >= 0.3 is 0 Å². The molecule has 1 aromatic rings. The van der Waals surface area contributed by atoms with Crippen molar-refractivity contribution < 1.29 is 0 Å². The lowest BCUT2D eigenvalue weighted by Crippen LogP contribution is -2.47. The zero-order valence-electron chi connectivity index (χ0n) is 17.3. The molecule has 0 saturated carbocycles. The summed E-state index contributed by atoms with van der Waals surface area (Å²) in [6.07, 6.45) is 5.74. The summed E-state index contributed by atoms with van der Waals surface area (Å²) in [7, 11) is 4.08.